The molecule has 4 atom stereocenters. The Morgan fingerprint density at radius 2 is 1.81 bits per heavy atom. The van der Waals surface area contributed by atoms with Gasteiger partial charge in [-0.15, -0.1) is 0 Å². The van der Waals surface area contributed by atoms with E-state index in [4.69, 9.17) is 37.4 Å². The maximum absolute atomic E-state index is 13.5. The van der Waals surface area contributed by atoms with Crippen molar-refractivity contribution in [2.24, 2.45) is 5.92 Å². The fourth-order valence-electron chi connectivity index (χ4n) is 5.10. The van der Waals surface area contributed by atoms with Crippen LogP contribution >= 0.6 is 23.2 Å². The molecule has 2 aromatic carbocycles. The summed E-state index contributed by atoms with van der Waals surface area (Å²) < 4.78 is 33.5. The Kier molecular flexibility index (Phi) is 11.1. The molecule has 0 radical (unpaired) electrons. The van der Waals surface area contributed by atoms with Crippen LogP contribution in [0.25, 0.3) is 0 Å². The Labute approximate surface area is 260 Å². The summed E-state index contributed by atoms with van der Waals surface area (Å²) in [5, 5.41) is 0.725. The molecule has 42 heavy (non-hydrogen) atoms. The van der Waals surface area contributed by atoms with Crippen molar-refractivity contribution < 1.29 is 28.0 Å². The van der Waals surface area contributed by atoms with Crippen molar-refractivity contribution in [3.63, 3.8) is 0 Å². The Balaban J connectivity index is 1.49. The second kappa shape index (κ2) is 14.4. The van der Waals surface area contributed by atoms with Crippen molar-refractivity contribution in [2.75, 3.05) is 26.3 Å². The molecule has 0 aromatic heterocycles. The number of ether oxygens (including phenoxy) is 3. The molecule has 2 saturated heterocycles. The summed E-state index contributed by atoms with van der Waals surface area (Å²) in [5.41, 5.74) is 1.18. The van der Waals surface area contributed by atoms with Crippen molar-refractivity contribution in [1.82, 2.24) is 9.62 Å². The minimum Gasteiger partial charge on any atom is -0.489 e. The molecule has 3 unspecified atom stereocenters. The van der Waals surface area contributed by atoms with E-state index >= 15 is 0 Å². The first-order valence-electron chi connectivity index (χ1n) is 14.1. The van der Waals surface area contributed by atoms with E-state index < -0.39 is 33.9 Å². The fraction of sp³-hybridized carbons (Fsp3) is 0.484. The highest BCUT2D eigenvalue weighted by Gasteiger charge is 2.41. The zero-order valence-electron chi connectivity index (χ0n) is 24.1. The minimum atomic E-state index is -1.39. The van der Waals surface area contributed by atoms with Gasteiger partial charge in [0.25, 0.3) is 5.91 Å². The van der Waals surface area contributed by atoms with Gasteiger partial charge in [-0.05, 0) is 57.7 Å². The van der Waals surface area contributed by atoms with Crippen molar-refractivity contribution in [2.45, 2.75) is 63.0 Å². The third-order valence-corrected chi connectivity index (χ3v) is 9.71. The fourth-order valence-corrected chi connectivity index (χ4v) is 6.33. The Morgan fingerprint density at radius 3 is 2.45 bits per heavy atom. The van der Waals surface area contributed by atoms with E-state index in [-0.39, 0.29) is 24.5 Å². The van der Waals surface area contributed by atoms with Gasteiger partial charge in [-0.3, -0.25) is 4.79 Å². The van der Waals surface area contributed by atoms with Crippen LogP contribution in [-0.4, -0.2) is 64.2 Å². The lowest BCUT2D eigenvalue weighted by Gasteiger charge is -2.38. The predicted octanol–water partition coefficient (Wildman–Crippen LogP) is 5.90. The number of halogens is 2. The number of carbonyl (C=O) groups is 2. The van der Waals surface area contributed by atoms with Gasteiger partial charge in [0, 0.05) is 31.1 Å². The lowest BCUT2D eigenvalue weighted by molar-refractivity contribution is -0.146. The smallest absolute Gasteiger partial charge is 0.338 e. The van der Waals surface area contributed by atoms with Crippen LogP contribution in [0.15, 0.2) is 55.1 Å². The van der Waals surface area contributed by atoms with E-state index in [0.29, 0.717) is 60.3 Å². The monoisotopic (exact) mass is 636 g/mol. The van der Waals surface area contributed by atoms with E-state index in [2.05, 4.69) is 11.3 Å². The molecule has 11 heteroatoms. The van der Waals surface area contributed by atoms with Gasteiger partial charge in [-0.1, -0.05) is 54.1 Å². The van der Waals surface area contributed by atoms with Crippen LogP contribution < -0.4 is 9.46 Å². The van der Waals surface area contributed by atoms with Crippen LogP contribution in [0.1, 0.15) is 62.0 Å². The molecule has 0 bridgehead atoms. The second-order valence-corrected chi connectivity index (χ2v) is 14.2. The molecule has 228 valence electrons. The predicted molar refractivity (Wildman–Crippen MR) is 165 cm³/mol. The minimum absolute atomic E-state index is 0.0138. The highest BCUT2D eigenvalue weighted by molar-refractivity contribution is 7.84. The van der Waals surface area contributed by atoms with Gasteiger partial charge in [0.1, 0.15) is 18.5 Å². The first-order chi connectivity index (χ1) is 20.0. The number of amides is 1. The largest absolute Gasteiger partial charge is 0.489 e. The Bertz CT molecular complexity index is 1290. The molecular weight excluding hydrogens is 599 g/mol. The SMILES string of the molecule is C=CCOc1cc(Cl)c(Cl)cc1[C@H](NS(=O)C(C)(C)C)C1CCN(C(=O)C2OCCC2OC(=O)c2ccccc2)CC1. The molecule has 1 N–H and O–H groups in total. The van der Waals surface area contributed by atoms with Crippen molar-refractivity contribution in [3.8, 4) is 5.75 Å². The summed E-state index contributed by atoms with van der Waals surface area (Å²) in [5.74, 6) is -0.114. The number of nitrogens with one attached hydrogen (secondary N) is 1. The molecule has 0 saturated carbocycles. The molecule has 4 rings (SSSR count). The van der Waals surface area contributed by atoms with Gasteiger partial charge in [-0.25, -0.2) is 13.7 Å². The quantitative estimate of drug-likeness (QED) is 0.258. The summed E-state index contributed by atoms with van der Waals surface area (Å²) in [7, 11) is -1.39. The maximum Gasteiger partial charge on any atom is 0.338 e. The first-order valence-corrected chi connectivity index (χ1v) is 16.0. The highest BCUT2D eigenvalue weighted by Crippen LogP contribution is 2.40. The van der Waals surface area contributed by atoms with E-state index in [1.165, 1.54) is 0 Å². The van der Waals surface area contributed by atoms with Crippen LogP contribution in [-0.2, 0) is 25.3 Å². The molecule has 2 aliphatic heterocycles. The third-order valence-electron chi connectivity index (χ3n) is 7.41. The van der Waals surface area contributed by atoms with Crippen LogP contribution in [0.5, 0.6) is 5.75 Å². The zero-order valence-corrected chi connectivity index (χ0v) is 26.5. The number of rotatable bonds is 10. The summed E-state index contributed by atoms with van der Waals surface area (Å²) in [6.07, 6.45) is 1.88. The number of hydrogen-bond acceptors (Lipinski definition) is 6. The molecule has 2 aliphatic rings. The van der Waals surface area contributed by atoms with Crippen LogP contribution in [0.3, 0.4) is 0 Å². The van der Waals surface area contributed by atoms with Gasteiger partial charge in [-0.2, -0.15) is 0 Å². The van der Waals surface area contributed by atoms with Gasteiger partial charge in [0.15, 0.2) is 6.10 Å². The van der Waals surface area contributed by atoms with Crippen LogP contribution in [0.2, 0.25) is 10.0 Å². The van der Waals surface area contributed by atoms with E-state index in [0.717, 1.165) is 5.56 Å². The van der Waals surface area contributed by atoms with Gasteiger partial charge >= 0.3 is 5.97 Å². The zero-order chi connectivity index (χ0) is 30.4. The van der Waals surface area contributed by atoms with Gasteiger partial charge in [0.2, 0.25) is 0 Å². The molecule has 2 aromatic rings. The Hall–Kier alpha value is -2.43. The third kappa shape index (κ3) is 7.94. The first kappa shape index (κ1) is 32.5. The highest BCUT2D eigenvalue weighted by atomic mass is 35.5. The summed E-state index contributed by atoms with van der Waals surface area (Å²) >= 11 is 12.8. The molecule has 2 fully saturated rings. The lowest BCUT2D eigenvalue weighted by atomic mass is 9.85. The topological polar surface area (TPSA) is 94.2 Å². The number of nitrogens with zero attached hydrogens (tertiary/aromatic N) is 1. The number of likely N-dealkylation sites (tertiary alicyclic amines) is 1. The maximum atomic E-state index is 13.5. The second-order valence-electron chi connectivity index (χ2n) is 11.4. The summed E-state index contributed by atoms with van der Waals surface area (Å²) in [6, 6.07) is 11.8. The molecule has 0 spiro atoms. The van der Waals surface area contributed by atoms with Gasteiger partial charge < -0.3 is 19.1 Å². The molecule has 2 heterocycles. The lowest BCUT2D eigenvalue weighted by Crippen LogP contribution is -2.49. The average Bonchev–Trinajstić information content (AvgIpc) is 3.44. The molecular formula is C31H38Cl2N2O6S. The van der Waals surface area contributed by atoms with Crippen LogP contribution in [0, 0.1) is 5.92 Å². The number of piperidine rings is 1. The van der Waals surface area contributed by atoms with E-state index in [1.807, 2.05) is 26.8 Å². The van der Waals surface area contributed by atoms with E-state index in [1.54, 1.807) is 47.4 Å². The molecule has 0 aliphatic carbocycles. The number of hydrogen-bond donors (Lipinski definition) is 1. The molecule has 1 amide bonds. The van der Waals surface area contributed by atoms with Gasteiger partial charge in [0.05, 0.1) is 44.0 Å². The molecule has 8 nitrogen and oxygen atoms in total. The Morgan fingerprint density at radius 1 is 1.14 bits per heavy atom. The van der Waals surface area contributed by atoms with E-state index in [9.17, 15) is 13.8 Å². The number of esters is 1. The van der Waals surface area contributed by atoms with Crippen molar-refractivity contribution >= 4 is 46.1 Å². The standard InChI is InChI=1S/C31H38Cl2N2O6S/c1-5-16-39-26-19-24(33)23(32)18-22(26)27(34-42(38)31(2,3)4)20-11-14-35(15-12-20)29(36)28-25(13-17-40-28)41-30(37)21-9-7-6-8-10-21/h5-10,18-20,25,27-28,34H,1,11-17H2,2-4H3/t25?,27-,28?,42?/m1/s1. The van der Waals surface area contributed by atoms with Crippen molar-refractivity contribution in [3.05, 3.63) is 76.3 Å². The number of benzene rings is 2. The van der Waals surface area contributed by atoms with Crippen molar-refractivity contribution in [1.29, 1.82) is 0 Å². The van der Waals surface area contributed by atoms with Crippen LogP contribution in [0.4, 0.5) is 0 Å². The average molecular weight is 638 g/mol. The normalized spacial score (nSPS) is 21.0. The summed E-state index contributed by atoms with van der Waals surface area (Å²) in [4.78, 5) is 27.9. The number of carbonyl (C=O) groups excluding carboxylic acids is 2. The summed E-state index contributed by atoms with van der Waals surface area (Å²) in [6.45, 7) is 11.0.